The fraction of sp³-hybridized carbons (Fsp3) is 0.667. The highest BCUT2D eigenvalue weighted by atomic mass is 127. The van der Waals surface area contributed by atoms with Crippen LogP contribution in [-0.4, -0.2) is 67.4 Å². The van der Waals surface area contributed by atoms with Gasteiger partial charge < -0.3 is 25.4 Å². The number of likely N-dealkylation sites (tertiary alicyclic amines) is 1. The number of hydrogen-bond acceptors (Lipinski definition) is 4. The van der Waals surface area contributed by atoms with Crippen molar-refractivity contribution in [2.75, 3.05) is 39.3 Å². The van der Waals surface area contributed by atoms with Crippen molar-refractivity contribution in [3.8, 4) is 5.75 Å². The quantitative estimate of drug-likeness (QED) is 0.274. The molecule has 0 aliphatic carbocycles. The van der Waals surface area contributed by atoms with Crippen LogP contribution in [0.5, 0.6) is 5.75 Å². The Kier molecular flexibility index (Phi) is 12.5. The summed E-state index contributed by atoms with van der Waals surface area (Å²) in [4.78, 5) is 7.07. The molecular formula is C21H37IN4O2. The molecule has 1 aromatic rings. The Morgan fingerprint density at radius 1 is 1.32 bits per heavy atom. The topological polar surface area (TPSA) is 69.1 Å². The second-order valence-corrected chi connectivity index (χ2v) is 7.26. The lowest BCUT2D eigenvalue weighted by atomic mass is 10.1. The largest absolute Gasteiger partial charge is 0.491 e. The Balaban J connectivity index is 0.00000392. The van der Waals surface area contributed by atoms with Gasteiger partial charge in [-0.15, -0.1) is 24.0 Å². The summed E-state index contributed by atoms with van der Waals surface area (Å²) in [7, 11) is 0. The first-order valence-corrected chi connectivity index (χ1v) is 10.3. The molecule has 0 bridgehead atoms. The van der Waals surface area contributed by atoms with Crippen molar-refractivity contribution in [2.24, 2.45) is 4.99 Å². The molecule has 0 spiro atoms. The van der Waals surface area contributed by atoms with Crippen LogP contribution in [0.15, 0.2) is 29.3 Å². The van der Waals surface area contributed by atoms with E-state index in [-0.39, 0.29) is 30.6 Å². The molecule has 7 heteroatoms. The number of ether oxygens (including phenoxy) is 1. The zero-order valence-electron chi connectivity index (χ0n) is 17.5. The zero-order chi connectivity index (χ0) is 19.5. The molecule has 1 aliphatic heterocycles. The summed E-state index contributed by atoms with van der Waals surface area (Å²) >= 11 is 0. The van der Waals surface area contributed by atoms with Crippen LogP contribution in [0.1, 0.15) is 38.7 Å². The van der Waals surface area contributed by atoms with E-state index in [1.165, 1.54) is 13.0 Å². The second kappa shape index (κ2) is 14.0. The molecule has 2 rings (SSSR count). The van der Waals surface area contributed by atoms with Crippen LogP contribution in [0.3, 0.4) is 0 Å². The molecule has 3 N–H and O–H groups in total. The number of nitrogens with one attached hydrogen (secondary N) is 2. The van der Waals surface area contributed by atoms with Crippen LogP contribution in [0.25, 0.3) is 0 Å². The smallest absolute Gasteiger partial charge is 0.191 e. The summed E-state index contributed by atoms with van der Waals surface area (Å²) in [6.07, 6.45) is 2.84. The number of rotatable bonds is 9. The Hall–Kier alpha value is -1.06. The SMILES string of the molecule is CCCN1CCC(NC(=NCC(O)COc2cccc(C)c2)NCC)CC1.I. The minimum absolute atomic E-state index is 0. The molecule has 0 aromatic heterocycles. The van der Waals surface area contributed by atoms with Gasteiger partial charge in [0.15, 0.2) is 5.96 Å². The Labute approximate surface area is 187 Å². The molecule has 1 unspecified atom stereocenters. The lowest BCUT2D eigenvalue weighted by Crippen LogP contribution is -2.49. The number of hydrogen-bond donors (Lipinski definition) is 3. The van der Waals surface area contributed by atoms with Gasteiger partial charge in [0.2, 0.25) is 0 Å². The summed E-state index contributed by atoms with van der Waals surface area (Å²) in [6.45, 7) is 11.1. The summed E-state index contributed by atoms with van der Waals surface area (Å²) in [5, 5.41) is 17.0. The maximum atomic E-state index is 10.2. The maximum absolute atomic E-state index is 10.2. The molecule has 1 atom stereocenters. The van der Waals surface area contributed by atoms with Gasteiger partial charge in [-0.2, -0.15) is 0 Å². The Morgan fingerprint density at radius 3 is 2.71 bits per heavy atom. The Morgan fingerprint density at radius 2 is 2.07 bits per heavy atom. The molecule has 0 saturated carbocycles. The fourth-order valence-electron chi connectivity index (χ4n) is 3.28. The van der Waals surface area contributed by atoms with E-state index in [1.807, 2.05) is 31.2 Å². The van der Waals surface area contributed by atoms with Gasteiger partial charge in [0.1, 0.15) is 18.5 Å². The molecule has 28 heavy (non-hydrogen) atoms. The van der Waals surface area contributed by atoms with Gasteiger partial charge in [-0.1, -0.05) is 19.1 Å². The van der Waals surface area contributed by atoms with E-state index in [0.717, 1.165) is 49.7 Å². The van der Waals surface area contributed by atoms with E-state index in [1.54, 1.807) is 0 Å². The molecule has 1 aliphatic rings. The molecule has 0 radical (unpaired) electrons. The summed E-state index contributed by atoms with van der Waals surface area (Å²) in [6, 6.07) is 8.28. The first-order valence-electron chi connectivity index (χ1n) is 10.3. The number of piperidine rings is 1. The van der Waals surface area contributed by atoms with Crippen LogP contribution in [0.2, 0.25) is 0 Å². The minimum atomic E-state index is -0.632. The molecule has 1 saturated heterocycles. The van der Waals surface area contributed by atoms with Gasteiger partial charge >= 0.3 is 0 Å². The number of aryl methyl sites for hydroxylation is 1. The van der Waals surface area contributed by atoms with Crippen LogP contribution >= 0.6 is 24.0 Å². The molecule has 1 aromatic carbocycles. The van der Waals surface area contributed by atoms with Crippen molar-refractivity contribution in [2.45, 2.75) is 52.2 Å². The van der Waals surface area contributed by atoms with Gasteiger partial charge in [-0.3, -0.25) is 4.99 Å². The third-order valence-corrected chi connectivity index (χ3v) is 4.70. The number of aliphatic imine (C=N–C) groups is 1. The molecular weight excluding hydrogens is 467 g/mol. The Bertz CT molecular complexity index is 577. The maximum Gasteiger partial charge on any atom is 0.191 e. The predicted octanol–water partition coefficient (Wildman–Crippen LogP) is 2.78. The van der Waals surface area contributed by atoms with Crippen molar-refractivity contribution in [3.05, 3.63) is 29.8 Å². The van der Waals surface area contributed by atoms with E-state index < -0.39 is 6.10 Å². The highest BCUT2D eigenvalue weighted by Crippen LogP contribution is 2.13. The first kappa shape index (κ1) is 25.0. The van der Waals surface area contributed by atoms with Gasteiger partial charge in [-0.05, 0) is 57.4 Å². The van der Waals surface area contributed by atoms with Gasteiger partial charge in [0, 0.05) is 25.7 Å². The lowest BCUT2D eigenvalue weighted by Gasteiger charge is -2.32. The van der Waals surface area contributed by atoms with Gasteiger partial charge in [0.25, 0.3) is 0 Å². The van der Waals surface area contributed by atoms with E-state index in [9.17, 15) is 5.11 Å². The standard InChI is InChI=1S/C21H36N4O2.HI/c1-4-11-25-12-9-18(10-13-25)24-21(22-5-2)23-15-19(26)16-27-20-8-6-7-17(3)14-20;/h6-8,14,18-19,26H,4-5,9-13,15-16H2,1-3H3,(H2,22,23,24);1H. The minimum Gasteiger partial charge on any atom is -0.491 e. The summed E-state index contributed by atoms with van der Waals surface area (Å²) < 4.78 is 5.66. The van der Waals surface area contributed by atoms with Crippen LogP contribution in [0.4, 0.5) is 0 Å². The van der Waals surface area contributed by atoms with Crippen LogP contribution < -0.4 is 15.4 Å². The summed E-state index contributed by atoms with van der Waals surface area (Å²) in [5.41, 5.74) is 1.14. The van der Waals surface area contributed by atoms with E-state index in [2.05, 4.69) is 34.4 Å². The van der Waals surface area contributed by atoms with Gasteiger partial charge in [-0.25, -0.2) is 0 Å². The number of aliphatic hydroxyl groups is 1. The van der Waals surface area contributed by atoms with E-state index in [0.29, 0.717) is 12.6 Å². The average Bonchev–Trinajstić information content (AvgIpc) is 2.66. The third-order valence-electron chi connectivity index (χ3n) is 4.70. The van der Waals surface area contributed by atoms with E-state index in [4.69, 9.17) is 4.74 Å². The zero-order valence-corrected chi connectivity index (χ0v) is 19.8. The van der Waals surface area contributed by atoms with Crippen molar-refractivity contribution in [3.63, 3.8) is 0 Å². The molecule has 1 heterocycles. The molecule has 160 valence electrons. The highest BCUT2D eigenvalue weighted by Gasteiger charge is 2.19. The van der Waals surface area contributed by atoms with Crippen molar-refractivity contribution >= 4 is 29.9 Å². The summed E-state index contributed by atoms with van der Waals surface area (Å²) in [5.74, 6) is 1.56. The number of benzene rings is 1. The first-order chi connectivity index (χ1) is 13.1. The van der Waals surface area contributed by atoms with Crippen molar-refractivity contribution in [1.82, 2.24) is 15.5 Å². The number of guanidine groups is 1. The molecule has 6 nitrogen and oxygen atoms in total. The van der Waals surface area contributed by atoms with Crippen molar-refractivity contribution < 1.29 is 9.84 Å². The number of halogens is 1. The highest BCUT2D eigenvalue weighted by molar-refractivity contribution is 14.0. The van der Waals surface area contributed by atoms with Crippen LogP contribution in [-0.2, 0) is 0 Å². The average molecular weight is 504 g/mol. The second-order valence-electron chi connectivity index (χ2n) is 7.26. The van der Waals surface area contributed by atoms with Gasteiger partial charge in [0.05, 0.1) is 6.54 Å². The molecule has 1 fully saturated rings. The normalized spacial score (nSPS) is 16.9. The number of nitrogens with zero attached hydrogens (tertiary/aromatic N) is 2. The third kappa shape index (κ3) is 9.43. The number of aliphatic hydroxyl groups excluding tert-OH is 1. The van der Waals surface area contributed by atoms with Crippen molar-refractivity contribution in [1.29, 1.82) is 0 Å². The lowest BCUT2D eigenvalue weighted by molar-refractivity contribution is 0.114. The van der Waals surface area contributed by atoms with E-state index >= 15 is 0 Å². The van der Waals surface area contributed by atoms with Crippen LogP contribution in [0, 0.1) is 6.92 Å². The fourth-order valence-corrected chi connectivity index (χ4v) is 3.28. The predicted molar refractivity (Wildman–Crippen MR) is 127 cm³/mol. The monoisotopic (exact) mass is 504 g/mol. The molecule has 0 amide bonds.